The second kappa shape index (κ2) is 35.6. The number of carbonyl (C=O) groups excluding carboxylic acids is 5. The number of halogens is 4. The molecular formula is C79H110BBr2Cl2N10O10U. The Balaban J connectivity index is 0.000000253. The third kappa shape index (κ3) is 21.8. The minimum Gasteiger partial charge on any atom is -0.444 e. The van der Waals surface area contributed by atoms with Gasteiger partial charge in [-0.1, -0.05) is 80.4 Å². The molecule has 0 aromatic heterocycles. The number of nitriles is 2. The second-order valence-corrected chi connectivity index (χ2v) is 35.7. The molecule has 0 bridgehead atoms. The van der Waals surface area contributed by atoms with Crippen LogP contribution in [0.5, 0.6) is 0 Å². The molecule has 5 amide bonds. The van der Waals surface area contributed by atoms with Crippen molar-refractivity contribution in [3.05, 3.63) is 137 Å². The van der Waals surface area contributed by atoms with Crippen LogP contribution < -0.4 is 27.4 Å². The summed E-state index contributed by atoms with van der Waals surface area (Å²) in [5.41, 5.74) is 21.0. The smallest absolute Gasteiger partial charge is 0.410 e. The van der Waals surface area contributed by atoms with Crippen molar-refractivity contribution in [3.8, 4) is 12.1 Å². The van der Waals surface area contributed by atoms with Crippen LogP contribution in [0.1, 0.15) is 235 Å². The summed E-state index contributed by atoms with van der Waals surface area (Å²) >= 11 is 7.33. The number of piperidine rings is 4. The largest absolute Gasteiger partial charge is 0.444 e. The number of hydrogen-bond donors (Lipinski definition) is 5. The van der Waals surface area contributed by atoms with E-state index >= 15 is 0 Å². The number of ether oxygens (including phenoxy) is 5. The van der Waals surface area contributed by atoms with Crippen LogP contribution in [0, 0.1) is 75.4 Å². The Bertz CT molecular complexity index is 3810. The summed E-state index contributed by atoms with van der Waals surface area (Å²) in [4.78, 5) is 67.9. The maximum absolute atomic E-state index is 12.7. The first-order valence-corrected chi connectivity index (χ1v) is 37.4. The van der Waals surface area contributed by atoms with Gasteiger partial charge in [0.2, 0.25) is 0 Å². The zero-order valence-electron chi connectivity index (χ0n) is 64.0. The van der Waals surface area contributed by atoms with Gasteiger partial charge in [0.05, 0.1) is 35.3 Å². The zero-order chi connectivity index (χ0) is 74.1. The Morgan fingerprint density at radius 3 is 1.05 bits per heavy atom. The predicted molar refractivity (Wildman–Crippen MR) is 417 cm³/mol. The van der Waals surface area contributed by atoms with Gasteiger partial charge < -0.3 is 65.8 Å². The van der Waals surface area contributed by atoms with E-state index in [1.54, 1.807) is 9.80 Å². The number of amides is 5. The van der Waals surface area contributed by atoms with Crippen molar-refractivity contribution in [2.45, 2.75) is 233 Å². The first-order valence-electron chi connectivity index (χ1n) is 35.8. The standard InChI is InChI=1S/C24H33N3O4.C23H33BrN2O4.C18H25BrN2O2.C14H17N3.B.2ClH.U/c1-22(2,3)30-20(28)26-19-17-9-7-8-16(15-25)18(17)14-24(19)10-12-27(13-11-24)21(29)31-23(4,5)6;1-21(2,3)29-19(27)25-18-15-8-7-9-17(24)16(15)14-23(18)10-12-26(13-11-23)20(28)30-22(4,5)6;1-17(2,3)23-16(22)21-9-7-18(8-10-21)11-13-12(15(18)20)5-4-6-14(13)19;15-9-10-2-1-3-11-12(10)8-14(13(11)16)4-6-17-7-5-14;;;;/h7-9,19H,10-14H2,1-6H3,(H,26,28);7-9,18H,10-14H2,1-6H3,(H,25,27);4-6,15H,7-11,20H2,1-3H3;1-3,13,17H,4-8,16H2;;2*1H;. The van der Waals surface area contributed by atoms with Gasteiger partial charge >= 0.3 is 30.5 Å². The summed E-state index contributed by atoms with van der Waals surface area (Å²) < 4.78 is 29.8. The Morgan fingerprint density at radius 2 is 0.705 bits per heavy atom. The van der Waals surface area contributed by atoms with Gasteiger partial charge in [-0.2, -0.15) is 10.5 Å². The molecule has 3 radical (unpaired) electrons. The van der Waals surface area contributed by atoms with E-state index in [9.17, 15) is 34.5 Å². The van der Waals surface area contributed by atoms with E-state index in [0.717, 1.165) is 102 Å². The predicted octanol–water partition coefficient (Wildman–Crippen LogP) is 16.3. The molecule has 4 fully saturated rings. The average Bonchev–Trinajstić information content (AvgIpc) is 1.62. The van der Waals surface area contributed by atoms with E-state index < -0.39 is 40.2 Å². The van der Waals surface area contributed by atoms with Crippen molar-refractivity contribution >= 4 is 95.6 Å². The molecule has 4 aromatic rings. The molecule has 0 saturated carbocycles. The summed E-state index contributed by atoms with van der Waals surface area (Å²) in [7, 11) is 0. The van der Waals surface area contributed by atoms with Crippen LogP contribution in [0.15, 0.2) is 81.7 Å². The third-order valence-corrected chi connectivity index (χ3v) is 22.6. The Labute approximate surface area is 678 Å². The van der Waals surface area contributed by atoms with Crippen LogP contribution in [0.4, 0.5) is 24.0 Å². The Morgan fingerprint density at radius 1 is 0.438 bits per heavy atom. The molecule has 105 heavy (non-hydrogen) atoms. The number of likely N-dealkylation sites (tertiary alicyclic amines) is 3. The van der Waals surface area contributed by atoms with Crippen molar-refractivity contribution < 1.29 is 78.8 Å². The van der Waals surface area contributed by atoms with E-state index in [1.165, 1.54) is 27.8 Å². The topological polar surface area (TPSA) is 277 Å². The molecular weight excluding hydrogens is 1730 g/mol. The summed E-state index contributed by atoms with van der Waals surface area (Å²) in [5, 5.41) is 28.4. The van der Waals surface area contributed by atoms with E-state index in [-0.39, 0.29) is 128 Å². The molecule has 4 atom stereocenters. The van der Waals surface area contributed by atoms with Crippen molar-refractivity contribution in [2.24, 2.45) is 33.1 Å². The van der Waals surface area contributed by atoms with E-state index in [0.29, 0.717) is 64.1 Å². The fraction of sp³-hybridized carbons (Fsp3) is 0.608. The fourth-order valence-electron chi connectivity index (χ4n) is 16.1. The van der Waals surface area contributed by atoms with Gasteiger partial charge in [0.1, 0.15) is 28.0 Å². The van der Waals surface area contributed by atoms with Crippen molar-refractivity contribution in [1.29, 1.82) is 10.5 Å². The summed E-state index contributed by atoms with van der Waals surface area (Å²) in [6.07, 6.45) is 8.90. The number of nitrogens with one attached hydrogen (secondary N) is 3. The SMILES string of the molecule is CC(C)(C)OC(=O)N1CCC2(CC1)Cc1c(Br)cccc1C2N.CC(C)(C)OC(=O)NC1c2cccc(Br)c2CC12CCN(C(=O)OC(C)(C)C)CC2.CC(C)(C)OC(=O)NC1c2cccc(C#N)c2CC12CCN(C(=O)OC(C)(C)C)CC2.Cl.Cl.N#Cc1cccc2c1CC1(CCNCC1)C2N.[B].[U]. The molecule has 4 aliphatic heterocycles. The first kappa shape index (κ1) is 90.4. The van der Waals surface area contributed by atoms with Gasteiger partial charge in [-0.15, -0.1) is 24.8 Å². The normalized spacial score (nSPS) is 21.0. The van der Waals surface area contributed by atoms with Gasteiger partial charge in [-0.05, 0) is 274 Å². The Kier molecular flexibility index (Phi) is 30.7. The average molecular weight is 1840 g/mol. The monoisotopic (exact) mass is 1840 g/mol. The number of alkyl carbamates (subject to hydrolysis) is 2. The van der Waals surface area contributed by atoms with Gasteiger partial charge in [0.15, 0.2) is 0 Å². The fourth-order valence-corrected chi connectivity index (χ4v) is 17.2. The maximum atomic E-state index is 12.7. The maximum Gasteiger partial charge on any atom is 0.410 e. The van der Waals surface area contributed by atoms with Gasteiger partial charge in [-0.3, -0.25) is 0 Å². The number of hydrogen-bond acceptors (Lipinski definition) is 15. The van der Waals surface area contributed by atoms with Crippen molar-refractivity contribution in [3.63, 3.8) is 0 Å². The van der Waals surface area contributed by atoms with Gasteiger partial charge in [-0.25, -0.2) is 24.0 Å². The number of carbonyl (C=O) groups is 5. The van der Waals surface area contributed by atoms with Crippen LogP contribution in [0.3, 0.4) is 0 Å². The molecule has 26 heteroatoms. The molecule has 12 rings (SSSR count). The zero-order valence-corrected chi connectivity index (χ0v) is 73.0. The first-order chi connectivity index (χ1) is 47.1. The molecule has 4 unspecified atom stereocenters. The molecule has 4 spiro atoms. The van der Waals surface area contributed by atoms with Gasteiger partial charge in [0.25, 0.3) is 0 Å². The Hall–Kier alpha value is -5.25. The number of nitrogens with two attached hydrogens (primary N) is 2. The number of nitrogens with zero attached hydrogens (tertiary/aromatic N) is 5. The van der Waals surface area contributed by atoms with Crippen LogP contribution in [-0.4, -0.2) is 134 Å². The molecule has 4 saturated heterocycles. The van der Waals surface area contributed by atoms with Crippen LogP contribution in [0.25, 0.3) is 0 Å². The number of rotatable bonds is 2. The minimum absolute atomic E-state index is 0. The second-order valence-electron chi connectivity index (χ2n) is 34.0. The molecule has 20 nitrogen and oxygen atoms in total. The molecule has 571 valence electrons. The molecule has 4 aliphatic carbocycles. The van der Waals surface area contributed by atoms with Gasteiger partial charge in [0, 0.05) is 111 Å². The van der Waals surface area contributed by atoms with Crippen LogP contribution in [0.2, 0.25) is 0 Å². The summed E-state index contributed by atoms with van der Waals surface area (Å²) in [6.45, 7) is 33.8. The number of benzene rings is 4. The van der Waals surface area contributed by atoms with E-state index in [4.69, 9.17) is 35.2 Å². The van der Waals surface area contributed by atoms with E-state index in [1.807, 2.05) is 151 Å². The summed E-state index contributed by atoms with van der Waals surface area (Å²) in [6, 6.07) is 28.3. The molecule has 7 N–H and O–H groups in total. The summed E-state index contributed by atoms with van der Waals surface area (Å²) in [5.74, 6) is 0. The molecule has 8 aliphatic rings. The minimum atomic E-state index is -0.604. The number of fused-ring (bicyclic) bond motifs is 4. The van der Waals surface area contributed by atoms with Crippen molar-refractivity contribution in [1.82, 2.24) is 30.7 Å². The van der Waals surface area contributed by atoms with Crippen LogP contribution in [-0.2, 0) is 49.4 Å². The molecule has 4 heterocycles. The van der Waals surface area contributed by atoms with Crippen LogP contribution >= 0.6 is 56.7 Å². The third-order valence-electron chi connectivity index (χ3n) is 21.1. The molecule has 4 aromatic carbocycles. The van der Waals surface area contributed by atoms with Crippen molar-refractivity contribution in [2.75, 3.05) is 52.4 Å². The van der Waals surface area contributed by atoms with E-state index in [2.05, 4.69) is 90.3 Å². The quantitative estimate of drug-likeness (QED) is 0.0922.